The lowest BCUT2D eigenvalue weighted by Gasteiger charge is -2.31. The zero-order chi connectivity index (χ0) is 21.2. The summed E-state index contributed by atoms with van der Waals surface area (Å²) in [4.78, 5) is 39.7. The Bertz CT molecular complexity index is 1140. The van der Waals surface area contributed by atoms with Crippen LogP contribution in [-0.4, -0.2) is 41.7 Å². The summed E-state index contributed by atoms with van der Waals surface area (Å²) in [5, 5.41) is 3.33. The maximum absolute atomic E-state index is 13.0. The van der Waals surface area contributed by atoms with E-state index in [1.807, 2.05) is 11.1 Å². The van der Waals surface area contributed by atoms with Crippen LogP contribution in [0.4, 0.5) is 0 Å². The van der Waals surface area contributed by atoms with Crippen LogP contribution in [0.3, 0.4) is 0 Å². The molecular formula is C18H21ClN4O5S. The number of nitrogens with zero attached hydrogens (tertiary/aromatic N) is 1. The highest BCUT2D eigenvalue weighted by atomic mass is 35.5. The van der Waals surface area contributed by atoms with Crippen LogP contribution in [0.15, 0.2) is 38.8 Å². The highest BCUT2D eigenvalue weighted by Crippen LogP contribution is 2.23. The number of aryl methyl sites for hydroxylation is 1. The minimum absolute atomic E-state index is 0.0379. The lowest BCUT2D eigenvalue weighted by molar-refractivity contribution is -0.126. The van der Waals surface area contributed by atoms with Gasteiger partial charge in [0.05, 0.1) is 5.92 Å². The van der Waals surface area contributed by atoms with Crippen LogP contribution in [0, 0.1) is 12.8 Å². The van der Waals surface area contributed by atoms with E-state index in [1.165, 1.54) is 6.92 Å². The zero-order valence-corrected chi connectivity index (χ0v) is 17.3. The number of halogens is 1. The second-order valence-corrected chi connectivity index (χ2v) is 9.16. The molecule has 1 aromatic carbocycles. The van der Waals surface area contributed by atoms with E-state index in [-0.39, 0.29) is 31.2 Å². The molecule has 2 heterocycles. The summed E-state index contributed by atoms with van der Waals surface area (Å²) < 4.78 is 27.1. The Kier molecular flexibility index (Phi) is 6.25. The Hall–Kier alpha value is -2.43. The summed E-state index contributed by atoms with van der Waals surface area (Å²) in [7, 11) is -4.16. The van der Waals surface area contributed by atoms with Gasteiger partial charge in [0.1, 0.15) is 0 Å². The van der Waals surface area contributed by atoms with E-state index in [2.05, 4.69) is 10.3 Å². The highest BCUT2D eigenvalue weighted by Gasteiger charge is 2.35. The van der Waals surface area contributed by atoms with Gasteiger partial charge in [-0.1, -0.05) is 29.8 Å². The summed E-state index contributed by atoms with van der Waals surface area (Å²) in [5.74, 6) is -0.833. The molecule has 0 unspecified atom stereocenters. The molecule has 0 aliphatic carbocycles. The maximum Gasteiger partial charge on any atom is 0.325 e. The standard InChI is InChI=1S/C18H21ClN4O5S/c1-11-15(17(25)22-18(26)21-11)29(27,28)23-8-4-6-13(10-23)16(24)20-9-12-5-2-3-7-14(12)19/h2-3,5,7,13H,4,6,8-10H2,1H3,(H,20,24)(H2,21,22,25,26)/t13-/m0/s1. The van der Waals surface area contributed by atoms with Crippen molar-refractivity contribution < 1.29 is 13.2 Å². The average Bonchev–Trinajstić information content (AvgIpc) is 2.66. The van der Waals surface area contributed by atoms with E-state index >= 15 is 0 Å². The number of amides is 1. The summed E-state index contributed by atoms with van der Waals surface area (Å²) in [6.45, 7) is 1.73. The monoisotopic (exact) mass is 440 g/mol. The van der Waals surface area contributed by atoms with Gasteiger partial charge in [-0.05, 0) is 31.4 Å². The third-order valence-electron chi connectivity index (χ3n) is 4.84. The summed E-state index contributed by atoms with van der Waals surface area (Å²) in [6.07, 6.45) is 1.01. The molecule has 0 spiro atoms. The topological polar surface area (TPSA) is 132 Å². The summed E-state index contributed by atoms with van der Waals surface area (Å²) in [5.41, 5.74) is -1.03. The molecule has 1 aliphatic heterocycles. The van der Waals surface area contributed by atoms with Gasteiger partial charge in [0.25, 0.3) is 5.56 Å². The molecule has 0 saturated carbocycles. The smallest absolute Gasteiger partial charge is 0.325 e. The summed E-state index contributed by atoms with van der Waals surface area (Å²) in [6, 6.07) is 7.12. The molecule has 1 aliphatic rings. The highest BCUT2D eigenvalue weighted by molar-refractivity contribution is 7.89. The van der Waals surface area contributed by atoms with Gasteiger partial charge in [0, 0.05) is 30.4 Å². The van der Waals surface area contributed by atoms with Crippen molar-refractivity contribution in [1.29, 1.82) is 0 Å². The molecule has 1 saturated heterocycles. The fraction of sp³-hybridized carbons (Fsp3) is 0.389. The second kappa shape index (κ2) is 8.52. The van der Waals surface area contributed by atoms with E-state index in [0.717, 1.165) is 9.87 Å². The fourth-order valence-corrected chi connectivity index (χ4v) is 5.30. The number of hydrogen-bond acceptors (Lipinski definition) is 5. The lowest BCUT2D eigenvalue weighted by Crippen LogP contribution is -2.47. The number of H-pyrrole nitrogens is 2. The number of rotatable bonds is 5. The Balaban J connectivity index is 1.75. The van der Waals surface area contributed by atoms with E-state index in [0.29, 0.717) is 17.9 Å². The number of carbonyl (C=O) groups is 1. The Morgan fingerprint density at radius 2 is 2.00 bits per heavy atom. The van der Waals surface area contributed by atoms with Crippen molar-refractivity contribution in [3.8, 4) is 0 Å². The van der Waals surface area contributed by atoms with Gasteiger partial charge >= 0.3 is 5.69 Å². The molecule has 1 aromatic heterocycles. The number of carbonyl (C=O) groups excluding carboxylic acids is 1. The number of aromatic nitrogens is 2. The molecule has 1 fully saturated rings. The first-order valence-electron chi connectivity index (χ1n) is 9.04. The average molecular weight is 441 g/mol. The Morgan fingerprint density at radius 1 is 1.28 bits per heavy atom. The first-order valence-corrected chi connectivity index (χ1v) is 10.9. The number of nitrogens with one attached hydrogen (secondary N) is 3. The van der Waals surface area contributed by atoms with E-state index in [4.69, 9.17) is 11.6 Å². The minimum atomic E-state index is -4.16. The quantitative estimate of drug-likeness (QED) is 0.630. The number of hydrogen-bond donors (Lipinski definition) is 3. The molecule has 1 amide bonds. The Morgan fingerprint density at radius 3 is 2.69 bits per heavy atom. The molecule has 3 N–H and O–H groups in total. The normalized spacial score (nSPS) is 17.8. The van der Waals surface area contributed by atoms with Gasteiger partial charge in [0.15, 0.2) is 4.90 Å². The van der Waals surface area contributed by atoms with Gasteiger partial charge in [-0.2, -0.15) is 4.31 Å². The first kappa shape index (κ1) is 21.3. The fourth-order valence-electron chi connectivity index (χ4n) is 3.37. The third-order valence-corrected chi connectivity index (χ3v) is 7.23. The largest absolute Gasteiger partial charge is 0.352 e. The third kappa shape index (κ3) is 4.60. The van der Waals surface area contributed by atoms with Crippen molar-refractivity contribution in [3.63, 3.8) is 0 Å². The van der Waals surface area contributed by atoms with Crippen LogP contribution >= 0.6 is 11.6 Å². The molecule has 1 atom stereocenters. The molecule has 0 bridgehead atoms. The predicted octanol–water partition coefficient (Wildman–Crippen LogP) is 0.742. The van der Waals surface area contributed by atoms with Gasteiger partial charge in [-0.3, -0.25) is 14.6 Å². The van der Waals surface area contributed by atoms with Crippen LogP contribution < -0.4 is 16.6 Å². The van der Waals surface area contributed by atoms with Crippen molar-refractivity contribution in [3.05, 3.63) is 61.4 Å². The van der Waals surface area contributed by atoms with Gasteiger partial charge < -0.3 is 10.3 Å². The van der Waals surface area contributed by atoms with Crippen LogP contribution in [0.5, 0.6) is 0 Å². The van der Waals surface area contributed by atoms with Crippen molar-refractivity contribution in [1.82, 2.24) is 19.6 Å². The van der Waals surface area contributed by atoms with Crippen LogP contribution in [0.25, 0.3) is 0 Å². The first-order chi connectivity index (χ1) is 13.7. The molecule has 2 aromatic rings. The van der Waals surface area contributed by atoms with Crippen LogP contribution in [-0.2, 0) is 21.4 Å². The number of benzene rings is 1. The summed E-state index contributed by atoms with van der Waals surface area (Å²) >= 11 is 6.09. The predicted molar refractivity (Wildman–Crippen MR) is 107 cm³/mol. The molecule has 11 heteroatoms. The maximum atomic E-state index is 13.0. The van der Waals surface area contributed by atoms with Crippen molar-refractivity contribution in [2.75, 3.05) is 13.1 Å². The van der Waals surface area contributed by atoms with Crippen molar-refractivity contribution in [2.24, 2.45) is 5.92 Å². The molecule has 3 rings (SSSR count). The van der Waals surface area contributed by atoms with Crippen LogP contribution in [0.1, 0.15) is 24.1 Å². The van der Waals surface area contributed by atoms with E-state index in [1.54, 1.807) is 18.2 Å². The number of piperidine rings is 1. The van der Waals surface area contributed by atoms with E-state index < -0.39 is 32.1 Å². The van der Waals surface area contributed by atoms with Gasteiger partial charge in [-0.25, -0.2) is 13.2 Å². The van der Waals surface area contributed by atoms with Gasteiger partial charge in [-0.15, -0.1) is 0 Å². The molecule has 0 radical (unpaired) electrons. The van der Waals surface area contributed by atoms with Crippen molar-refractivity contribution in [2.45, 2.75) is 31.2 Å². The zero-order valence-electron chi connectivity index (χ0n) is 15.7. The minimum Gasteiger partial charge on any atom is -0.352 e. The lowest BCUT2D eigenvalue weighted by atomic mass is 9.99. The number of sulfonamides is 1. The van der Waals surface area contributed by atoms with Gasteiger partial charge in [0.2, 0.25) is 15.9 Å². The SMILES string of the molecule is Cc1[nH]c(=O)[nH]c(=O)c1S(=O)(=O)N1CCC[C@H](C(=O)NCc2ccccc2Cl)C1. The van der Waals surface area contributed by atoms with Crippen molar-refractivity contribution >= 4 is 27.5 Å². The molecule has 29 heavy (non-hydrogen) atoms. The second-order valence-electron chi connectivity index (χ2n) is 6.87. The Labute approximate surface area is 172 Å². The number of aromatic amines is 2. The molecule has 156 valence electrons. The molecular weight excluding hydrogens is 420 g/mol. The molecule has 9 nitrogen and oxygen atoms in total. The van der Waals surface area contributed by atoms with Crippen LogP contribution in [0.2, 0.25) is 5.02 Å². The van der Waals surface area contributed by atoms with E-state index in [9.17, 15) is 22.8 Å².